The van der Waals surface area contributed by atoms with Crippen LogP contribution in [-0.2, 0) is 9.59 Å². The highest BCUT2D eigenvalue weighted by molar-refractivity contribution is 7.10. The Kier molecular flexibility index (Phi) is 6.52. The third-order valence-electron chi connectivity index (χ3n) is 3.73. The van der Waals surface area contributed by atoms with Gasteiger partial charge in [0.1, 0.15) is 6.04 Å². The van der Waals surface area contributed by atoms with Gasteiger partial charge >= 0.3 is 0 Å². The molecule has 0 aliphatic rings. The summed E-state index contributed by atoms with van der Waals surface area (Å²) in [5, 5.41) is 4.02. The molecule has 1 aromatic heterocycles. The maximum Gasteiger partial charge on any atom is 0.293 e. The van der Waals surface area contributed by atoms with E-state index in [0.717, 1.165) is 5.56 Å². The number of hydrogen-bond acceptors (Lipinski definition) is 3. The van der Waals surface area contributed by atoms with Crippen molar-refractivity contribution < 1.29 is 14.9 Å². The summed E-state index contributed by atoms with van der Waals surface area (Å²) < 4.78 is 0. The molecule has 2 rings (SSSR count). The SMILES string of the molecule is CC(=O)NNC(=O)C[NH2+][C@H](c1ccc(C(C)C)cc1)c1cccs1. The number of amides is 2. The number of thiophene rings is 1. The van der Waals surface area contributed by atoms with E-state index in [1.807, 2.05) is 16.8 Å². The van der Waals surface area contributed by atoms with E-state index in [2.05, 4.69) is 55.0 Å². The van der Waals surface area contributed by atoms with E-state index in [-0.39, 0.29) is 24.4 Å². The van der Waals surface area contributed by atoms with Crippen LogP contribution in [0.15, 0.2) is 41.8 Å². The molecule has 2 amide bonds. The number of hydrazine groups is 1. The number of benzene rings is 1. The van der Waals surface area contributed by atoms with E-state index in [9.17, 15) is 9.59 Å². The lowest BCUT2D eigenvalue weighted by atomic mass is 9.98. The molecule has 1 heterocycles. The fourth-order valence-electron chi connectivity index (χ4n) is 2.41. The smallest absolute Gasteiger partial charge is 0.293 e. The summed E-state index contributed by atoms with van der Waals surface area (Å²) in [6.45, 7) is 5.93. The zero-order chi connectivity index (χ0) is 17.5. The van der Waals surface area contributed by atoms with E-state index in [1.165, 1.54) is 17.4 Å². The minimum absolute atomic E-state index is 0.0642. The second-order valence-corrected chi connectivity index (χ2v) is 6.96. The van der Waals surface area contributed by atoms with Crippen LogP contribution in [0.5, 0.6) is 0 Å². The number of hydrogen-bond donors (Lipinski definition) is 3. The summed E-state index contributed by atoms with van der Waals surface area (Å²) in [6, 6.07) is 12.7. The summed E-state index contributed by atoms with van der Waals surface area (Å²) in [6.07, 6.45) is 0. The van der Waals surface area contributed by atoms with E-state index in [0.29, 0.717) is 5.92 Å². The molecule has 0 radical (unpaired) electrons. The molecule has 1 atom stereocenters. The van der Waals surface area contributed by atoms with Gasteiger partial charge in [-0.2, -0.15) is 0 Å². The summed E-state index contributed by atoms with van der Waals surface area (Å²) in [5.74, 6) is -0.0281. The van der Waals surface area contributed by atoms with Crippen molar-refractivity contribution in [1.82, 2.24) is 10.9 Å². The van der Waals surface area contributed by atoms with Crippen molar-refractivity contribution >= 4 is 23.2 Å². The maximum atomic E-state index is 11.8. The van der Waals surface area contributed by atoms with Crippen LogP contribution in [0.4, 0.5) is 0 Å². The Hall–Kier alpha value is -2.18. The average Bonchev–Trinajstić information content (AvgIpc) is 3.08. The minimum Gasteiger partial charge on any atom is -0.328 e. The minimum atomic E-state index is -0.289. The van der Waals surface area contributed by atoms with E-state index in [1.54, 1.807) is 11.3 Å². The number of rotatable bonds is 6. The molecule has 2 aromatic rings. The molecule has 0 saturated carbocycles. The van der Waals surface area contributed by atoms with Gasteiger partial charge in [-0.05, 0) is 22.9 Å². The fraction of sp³-hybridized carbons (Fsp3) is 0.333. The maximum absolute atomic E-state index is 11.8. The molecule has 0 aliphatic carbocycles. The molecular weight excluding hydrogens is 322 g/mol. The van der Waals surface area contributed by atoms with Crippen LogP contribution >= 0.6 is 11.3 Å². The van der Waals surface area contributed by atoms with Crippen molar-refractivity contribution in [3.8, 4) is 0 Å². The zero-order valence-electron chi connectivity index (χ0n) is 14.2. The second-order valence-electron chi connectivity index (χ2n) is 5.98. The Bertz CT molecular complexity index is 666. The highest BCUT2D eigenvalue weighted by Gasteiger charge is 2.20. The van der Waals surface area contributed by atoms with Crippen LogP contribution in [0, 0.1) is 0 Å². The lowest BCUT2D eigenvalue weighted by molar-refractivity contribution is -0.676. The number of nitrogens with one attached hydrogen (secondary N) is 2. The molecule has 0 aliphatic heterocycles. The lowest BCUT2D eigenvalue weighted by Gasteiger charge is -2.16. The van der Waals surface area contributed by atoms with Gasteiger partial charge in [0.15, 0.2) is 6.54 Å². The van der Waals surface area contributed by atoms with Crippen molar-refractivity contribution in [3.05, 3.63) is 57.8 Å². The summed E-state index contributed by atoms with van der Waals surface area (Å²) in [5.41, 5.74) is 7.16. The van der Waals surface area contributed by atoms with Crippen LogP contribution in [0.1, 0.15) is 48.7 Å². The van der Waals surface area contributed by atoms with Gasteiger partial charge in [-0.15, -0.1) is 11.3 Å². The van der Waals surface area contributed by atoms with Gasteiger partial charge in [-0.3, -0.25) is 20.4 Å². The van der Waals surface area contributed by atoms with Gasteiger partial charge in [0.2, 0.25) is 5.91 Å². The number of quaternary nitrogens is 1. The first-order valence-electron chi connectivity index (χ1n) is 7.99. The fourth-order valence-corrected chi connectivity index (χ4v) is 3.26. The first kappa shape index (κ1) is 18.2. The normalized spacial score (nSPS) is 12.0. The van der Waals surface area contributed by atoms with Gasteiger partial charge in [0.05, 0.1) is 4.88 Å². The third-order valence-corrected chi connectivity index (χ3v) is 4.68. The molecule has 1 aromatic carbocycles. The Morgan fingerprint density at radius 3 is 2.29 bits per heavy atom. The highest BCUT2D eigenvalue weighted by Crippen LogP contribution is 2.24. The molecular formula is C18H24N3O2S+. The summed E-state index contributed by atoms with van der Waals surface area (Å²) >= 11 is 1.67. The monoisotopic (exact) mass is 346 g/mol. The van der Waals surface area contributed by atoms with Crippen molar-refractivity contribution in [2.24, 2.45) is 0 Å². The molecule has 6 heteroatoms. The molecule has 24 heavy (non-hydrogen) atoms. The summed E-state index contributed by atoms with van der Waals surface area (Å²) in [7, 11) is 0. The lowest BCUT2D eigenvalue weighted by Crippen LogP contribution is -2.88. The predicted octanol–water partition coefficient (Wildman–Crippen LogP) is 1.69. The van der Waals surface area contributed by atoms with Gasteiger partial charge in [0, 0.05) is 12.5 Å². The standard InChI is InChI=1S/C18H23N3O2S/c1-12(2)14-6-8-15(9-7-14)18(16-5-4-10-24-16)19-11-17(23)21-20-13(3)22/h4-10,12,18-19H,11H2,1-3H3,(H,20,22)(H,21,23)/p+1/t18-/m1/s1. The number of carbonyl (C=O) groups is 2. The molecule has 0 saturated heterocycles. The third kappa shape index (κ3) is 5.18. The van der Waals surface area contributed by atoms with E-state index in [4.69, 9.17) is 0 Å². The quantitative estimate of drug-likeness (QED) is 0.696. The van der Waals surface area contributed by atoms with Crippen LogP contribution in [-0.4, -0.2) is 18.4 Å². The molecule has 0 unspecified atom stereocenters. The Morgan fingerprint density at radius 1 is 1.08 bits per heavy atom. The first-order chi connectivity index (χ1) is 11.5. The van der Waals surface area contributed by atoms with Crippen LogP contribution in [0.25, 0.3) is 0 Å². The molecule has 0 spiro atoms. The van der Waals surface area contributed by atoms with Crippen LogP contribution < -0.4 is 16.2 Å². The molecule has 128 valence electrons. The van der Waals surface area contributed by atoms with Gasteiger partial charge < -0.3 is 5.32 Å². The van der Waals surface area contributed by atoms with Crippen molar-refractivity contribution in [2.75, 3.05) is 6.54 Å². The molecule has 5 nitrogen and oxygen atoms in total. The second kappa shape index (κ2) is 8.61. The highest BCUT2D eigenvalue weighted by atomic mass is 32.1. The van der Waals surface area contributed by atoms with Crippen molar-refractivity contribution in [1.29, 1.82) is 0 Å². The molecule has 4 N–H and O–H groups in total. The summed E-state index contributed by atoms with van der Waals surface area (Å²) in [4.78, 5) is 23.9. The van der Waals surface area contributed by atoms with Crippen molar-refractivity contribution in [2.45, 2.75) is 32.7 Å². The largest absolute Gasteiger partial charge is 0.328 e. The number of carbonyl (C=O) groups excluding carboxylic acids is 2. The topological polar surface area (TPSA) is 74.8 Å². The Labute approximate surface area is 146 Å². The van der Waals surface area contributed by atoms with Gasteiger partial charge in [0.25, 0.3) is 5.91 Å². The van der Waals surface area contributed by atoms with Crippen molar-refractivity contribution in [3.63, 3.8) is 0 Å². The molecule has 0 bridgehead atoms. The Balaban J connectivity index is 2.08. The molecule has 0 fully saturated rings. The van der Waals surface area contributed by atoms with Crippen LogP contribution in [0.2, 0.25) is 0 Å². The zero-order valence-corrected chi connectivity index (χ0v) is 15.0. The van der Waals surface area contributed by atoms with Gasteiger partial charge in [-0.1, -0.05) is 44.2 Å². The predicted molar refractivity (Wildman–Crippen MR) is 95.4 cm³/mol. The van der Waals surface area contributed by atoms with Gasteiger partial charge in [-0.25, -0.2) is 0 Å². The van der Waals surface area contributed by atoms with E-state index < -0.39 is 0 Å². The first-order valence-corrected chi connectivity index (χ1v) is 8.87. The Morgan fingerprint density at radius 2 is 1.75 bits per heavy atom. The van der Waals surface area contributed by atoms with E-state index >= 15 is 0 Å². The average molecular weight is 346 g/mol. The van der Waals surface area contributed by atoms with Crippen LogP contribution in [0.3, 0.4) is 0 Å². The number of nitrogens with two attached hydrogens (primary N) is 1.